The van der Waals surface area contributed by atoms with Crippen molar-refractivity contribution in [3.8, 4) is 28.5 Å². The highest BCUT2D eigenvalue weighted by molar-refractivity contribution is 5.62. The first-order valence-corrected chi connectivity index (χ1v) is 7.98. The Morgan fingerprint density at radius 3 is 2.39 bits per heavy atom. The van der Waals surface area contributed by atoms with Gasteiger partial charge in [0.1, 0.15) is 5.75 Å². The number of ether oxygens (including phenoxy) is 1. The first-order valence-electron chi connectivity index (χ1n) is 7.98. The normalized spacial score (nSPS) is 14.0. The number of hydrogen-bond acceptors (Lipinski definition) is 3. The van der Waals surface area contributed by atoms with Crippen LogP contribution in [-0.2, 0) is 6.54 Å². The number of benzene rings is 2. The van der Waals surface area contributed by atoms with E-state index in [4.69, 9.17) is 14.8 Å². The van der Waals surface area contributed by atoms with Crippen LogP contribution in [0.25, 0.3) is 22.8 Å². The summed E-state index contributed by atoms with van der Waals surface area (Å²) >= 11 is 0. The zero-order valence-electron chi connectivity index (χ0n) is 13.1. The molecule has 0 unspecified atom stereocenters. The van der Waals surface area contributed by atoms with E-state index < -0.39 is 0 Å². The fourth-order valence-electron chi connectivity index (χ4n) is 2.68. The molecule has 23 heavy (non-hydrogen) atoms. The Morgan fingerprint density at radius 1 is 1.00 bits per heavy atom. The van der Waals surface area contributed by atoms with E-state index in [1.165, 1.54) is 12.8 Å². The largest absolute Gasteiger partial charge is 0.497 e. The van der Waals surface area contributed by atoms with Crippen molar-refractivity contribution >= 4 is 0 Å². The van der Waals surface area contributed by atoms with Gasteiger partial charge in [0.05, 0.1) is 7.11 Å². The zero-order valence-corrected chi connectivity index (χ0v) is 13.1. The van der Waals surface area contributed by atoms with Gasteiger partial charge in [0.25, 0.3) is 0 Å². The fourth-order valence-corrected chi connectivity index (χ4v) is 2.68. The molecule has 4 heteroatoms. The maximum absolute atomic E-state index is 5.22. The Labute approximate surface area is 135 Å². The molecule has 4 rings (SSSR count). The average molecular weight is 305 g/mol. The standard InChI is InChI=1S/C19H19N3O/c1-23-17-11-9-15(10-12-17)18-20-19(16-5-3-2-4-6-16)22(21-18)13-14-7-8-14/h2-6,9-12,14H,7-8,13H2,1H3. The van der Waals surface area contributed by atoms with Gasteiger partial charge in [-0.2, -0.15) is 5.10 Å². The monoisotopic (exact) mass is 305 g/mol. The molecule has 0 radical (unpaired) electrons. The summed E-state index contributed by atoms with van der Waals surface area (Å²) in [5.74, 6) is 3.31. The number of nitrogens with zero attached hydrogens (tertiary/aromatic N) is 3. The summed E-state index contributed by atoms with van der Waals surface area (Å²) in [5.41, 5.74) is 2.12. The average Bonchev–Trinajstić information content (AvgIpc) is 3.33. The molecule has 0 atom stereocenters. The van der Waals surface area contributed by atoms with Crippen molar-refractivity contribution in [2.45, 2.75) is 19.4 Å². The first-order chi connectivity index (χ1) is 11.3. The summed E-state index contributed by atoms with van der Waals surface area (Å²) in [5, 5.41) is 4.76. The van der Waals surface area contributed by atoms with Crippen LogP contribution in [0, 0.1) is 5.92 Å². The molecule has 1 saturated carbocycles. The third-order valence-electron chi connectivity index (χ3n) is 4.18. The number of hydrogen-bond donors (Lipinski definition) is 0. The van der Waals surface area contributed by atoms with Crippen LogP contribution in [0.1, 0.15) is 12.8 Å². The Bertz CT molecular complexity index is 789. The second-order valence-electron chi connectivity index (χ2n) is 5.98. The van der Waals surface area contributed by atoms with Gasteiger partial charge in [0, 0.05) is 17.7 Å². The van der Waals surface area contributed by atoms with Crippen LogP contribution in [0.2, 0.25) is 0 Å². The lowest BCUT2D eigenvalue weighted by atomic mass is 10.2. The minimum atomic E-state index is 0.753. The summed E-state index contributed by atoms with van der Waals surface area (Å²) in [7, 11) is 1.67. The Morgan fingerprint density at radius 2 is 1.74 bits per heavy atom. The zero-order chi connectivity index (χ0) is 15.6. The van der Waals surface area contributed by atoms with E-state index in [9.17, 15) is 0 Å². The van der Waals surface area contributed by atoms with Gasteiger partial charge in [-0.25, -0.2) is 9.67 Å². The van der Waals surface area contributed by atoms with Gasteiger partial charge in [-0.05, 0) is 43.0 Å². The van der Waals surface area contributed by atoms with Crippen molar-refractivity contribution in [1.82, 2.24) is 14.8 Å². The third-order valence-corrected chi connectivity index (χ3v) is 4.18. The van der Waals surface area contributed by atoms with Gasteiger partial charge in [-0.1, -0.05) is 30.3 Å². The van der Waals surface area contributed by atoms with Gasteiger partial charge in [0.15, 0.2) is 11.6 Å². The molecule has 3 aromatic rings. The highest BCUT2D eigenvalue weighted by Crippen LogP contribution is 2.32. The smallest absolute Gasteiger partial charge is 0.181 e. The Kier molecular flexibility index (Phi) is 3.58. The first kappa shape index (κ1) is 14.0. The van der Waals surface area contributed by atoms with Gasteiger partial charge < -0.3 is 4.74 Å². The molecule has 0 amide bonds. The second-order valence-corrected chi connectivity index (χ2v) is 5.98. The lowest BCUT2D eigenvalue weighted by molar-refractivity contribution is 0.415. The lowest BCUT2D eigenvalue weighted by Crippen LogP contribution is -2.04. The molecule has 1 aliphatic carbocycles. The van der Waals surface area contributed by atoms with Crippen LogP contribution in [0.3, 0.4) is 0 Å². The van der Waals surface area contributed by atoms with Crippen molar-refractivity contribution in [2.24, 2.45) is 5.92 Å². The molecule has 1 aromatic heterocycles. The van der Waals surface area contributed by atoms with E-state index in [-0.39, 0.29) is 0 Å². The van der Waals surface area contributed by atoms with E-state index in [0.29, 0.717) is 0 Å². The van der Waals surface area contributed by atoms with Gasteiger partial charge in [-0.15, -0.1) is 0 Å². The van der Waals surface area contributed by atoms with Crippen molar-refractivity contribution in [3.05, 3.63) is 54.6 Å². The van der Waals surface area contributed by atoms with Gasteiger partial charge in [0.2, 0.25) is 0 Å². The molecule has 116 valence electrons. The third kappa shape index (κ3) is 2.97. The van der Waals surface area contributed by atoms with Crippen LogP contribution in [0.5, 0.6) is 5.75 Å². The summed E-state index contributed by atoms with van der Waals surface area (Å²) in [6, 6.07) is 18.2. The van der Waals surface area contributed by atoms with Crippen molar-refractivity contribution in [1.29, 1.82) is 0 Å². The molecule has 4 nitrogen and oxygen atoms in total. The molecule has 0 saturated heterocycles. The fraction of sp³-hybridized carbons (Fsp3) is 0.263. The lowest BCUT2D eigenvalue weighted by Gasteiger charge is -2.04. The van der Waals surface area contributed by atoms with Crippen LogP contribution in [0.15, 0.2) is 54.6 Å². The minimum absolute atomic E-state index is 0.753. The number of methoxy groups -OCH3 is 1. The van der Waals surface area contributed by atoms with Crippen LogP contribution in [0.4, 0.5) is 0 Å². The van der Waals surface area contributed by atoms with E-state index in [1.54, 1.807) is 7.11 Å². The number of rotatable bonds is 5. The van der Waals surface area contributed by atoms with E-state index >= 15 is 0 Å². The van der Waals surface area contributed by atoms with E-state index in [1.807, 2.05) is 42.5 Å². The molecule has 1 fully saturated rings. The van der Waals surface area contributed by atoms with Crippen LogP contribution < -0.4 is 4.74 Å². The SMILES string of the molecule is COc1ccc(-c2nc(-c3ccccc3)n(CC3CC3)n2)cc1. The van der Waals surface area contributed by atoms with E-state index in [2.05, 4.69) is 16.8 Å². The molecule has 1 aliphatic rings. The maximum Gasteiger partial charge on any atom is 0.181 e. The maximum atomic E-state index is 5.22. The minimum Gasteiger partial charge on any atom is -0.497 e. The highest BCUT2D eigenvalue weighted by Gasteiger charge is 2.24. The molecular formula is C19H19N3O. The molecule has 0 N–H and O–H groups in total. The van der Waals surface area contributed by atoms with Crippen LogP contribution >= 0.6 is 0 Å². The Hall–Kier alpha value is -2.62. The van der Waals surface area contributed by atoms with E-state index in [0.717, 1.165) is 41.0 Å². The summed E-state index contributed by atoms with van der Waals surface area (Å²) in [6.07, 6.45) is 2.60. The number of aromatic nitrogens is 3. The predicted molar refractivity (Wildman–Crippen MR) is 90.2 cm³/mol. The predicted octanol–water partition coefficient (Wildman–Crippen LogP) is 4.03. The highest BCUT2D eigenvalue weighted by atomic mass is 16.5. The molecule has 0 spiro atoms. The molecular weight excluding hydrogens is 286 g/mol. The van der Waals surface area contributed by atoms with Crippen molar-refractivity contribution in [2.75, 3.05) is 7.11 Å². The summed E-state index contributed by atoms with van der Waals surface area (Å²) < 4.78 is 7.28. The molecule has 1 heterocycles. The molecule has 0 bridgehead atoms. The van der Waals surface area contributed by atoms with Crippen molar-refractivity contribution in [3.63, 3.8) is 0 Å². The quantitative estimate of drug-likeness (QED) is 0.714. The Balaban J connectivity index is 1.73. The summed E-state index contributed by atoms with van der Waals surface area (Å²) in [6.45, 7) is 0.952. The van der Waals surface area contributed by atoms with Crippen LogP contribution in [-0.4, -0.2) is 21.9 Å². The van der Waals surface area contributed by atoms with Gasteiger partial charge >= 0.3 is 0 Å². The van der Waals surface area contributed by atoms with Crippen molar-refractivity contribution < 1.29 is 4.74 Å². The topological polar surface area (TPSA) is 39.9 Å². The molecule has 2 aromatic carbocycles. The van der Waals surface area contributed by atoms with Gasteiger partial charge in [-0.3, -0.25) is 0 Å². The second kappa shape index (κ2) is 5.88. The molecule has 0 aliphatic heterocycles. The summed E-state index contributed by atoms with van der Waals surface area (Å²) in [4.78, 5) is 4.80.